The molecule has 0 N–H and O–H groups in total. The lowest BCUT2D eigenvalue weighted by atomic mass is 10.2. The van der Waals surface area contributed by atoms with Crippen molar-refractivity contribution in [3.8, 4) is 0 Å². The Balaban J connectivity index is 1.57. The number of hydrogen-bond donors (Lipinski definition) is 0. The van der Waals surface area contributed by atoms with E-state index in [1.54, 1.807) is 4.68 Å². The predicted molar refractivity (Wildman–Crippen MR) is 97.8 cm³/mol. The van der Waals surface area contributed by atoms with Gasteiger partial charge in [0.05, 0.1) is 25.4 Å². The number of nitrogens with zero attached hydrogens (tertiary/aromatic N) is 6. The molecular weight excluding hydrogens is 332 g/mol. The monoisotopic (exact) mass is 360 g/mol. The van der Waals surface area contributed by atoms with Gasteiger partial charge in [0.2, 0.25) is 0 Å². The number of carbonyl (C=O) groups excluding carboxylic acids is 1. The second-order valence-electron chi connectivity index (χ2n) is 6.61. The summed E-state index contributed by atoms with van der Waals surface area (Å²) in [6.07, 6.45) is 3.78. The molecule has 0 unspecified atom stereocenters. The van der Waals surface area contributed by atoms with Gasteiger partial charge in [0, 0.05) is 52.2 Å². The number of aryl methyl sites for hydroxylation is 2. The molecule has 2 aromatic rings. The van der Waals surface area contributed by atoms with Crippen molar-refractivity contribution in [3.05, 3.63) is 35.7 Å². The van der Waals surface area contributed by atoms with E-state index in [2.05, 4.69) is 15.0 Å². The molecule has 3 rings (SSSR count). The highest BCUT2D eigenvalue weighted by molar-refractivity contribution is 5.92. The number of amides is 1. The first-order chi connectivity index (χ1) is 12.6. The van der Waals surface area contributed by atoms with Crippen LogP contribution >= 0.6 is 0 Å². The summed E-state index contributed by atoms with van der Waals surface area (Å²) in [5.74, 6) is 1.10. The highest BCUT2D eigenvalue weighted by Crippen LogP contribution is 2.12. The van der Waals surface area contributed by atoms with Crippen LogP contribution in [0.2, 0.25) is 0 Å². The Hall–Kier alpha value is -2.19. The maximum Gasteiger partial charge on any atom is 0.272 e. The van der Waals surface area contributed by atoms with E-state index in [-0.39, 0.29) is 5.91 Å². The highest BCUT2D eigenvalue weighted by atomic mass is 16.5. The summed E-state index contributed by atoms with van der Waals surface area (Å²) in [5.41, 5.74) is 1.51. The Labute approximate surface area is 154 Å². The van der Waals surface area contributed by atoms with Crippen molar-refractivity contribution in [3.63, 3.8) is 0 Å². The van der Waals surface area contributed by atoms with E-state index in [0.717, 1.165) is 44.2 Å². The largest absolute Gasteiger partial charge is 0.380 e. The standard InChI is InChI=1S/C18H28N6O2/c1-4-26-12-11-24-16(13-15(2)20-24)18(25)23-9-7-22(8-10-23)14-17-19-5-6-21(17)3/h5-6,13H,4,7-12,14H2,1-3H3. The van der Waals surface area contributed by atoms with Gasteiger partial charge in [-0.05, 0) is 19.9 Å². The molecule has 1 fully saturated rings. The molecule has 0 aliphatic carbocycles. The van der Waals surface area contributed by atoms with Gasteiger partial charge in [-0.1, -0.05) is 0 Å². The molecule has 0 atom stereocenters. The molecule has 142 valence electrons. The van der Waals surface area contributed by atoms with Gasteiger partial charge < -0.3 is 14.2 Å². The van der Waals surface area contributed by atoms with Crippen molar-refractivity contribution >= 4 is 5.91 Å². The van der Waals surface area contributed by atoms with Crippen LogP contribution in [0.25, 0.3) is 0 Å². The van der Waals surface area contributed by atoms with Gasteiger partial charge in [-0.2, -0.15) is 5.10 Å². The second-order valence-corrected chi connectivity index (χ2v) is 6.61. The van der Waals surface area contributed by atoms with E-state index in [0.29, 0.717) is 25.5 Å². The molecule has 8 heteroatoms. The first-order valence-corrected chi connectivity index (χ1v) is 9.18. The zero-order valence-corrected chi connectivity index (χ0v) is 15.9. The molecule has 0 bridgehead atoms. The molecular formula is C18H28N6O2. The summed E-state index contributed by atoms with van der Waals surface area (Å²) in [4.78, 5) is 21.6. The van der Waals surface area contributed by atoms with E-state index in [4.69, 9.17) is 4.74 Å². The van der Waals surface area contributed by atoms with Crippen molar-refractivity contribution in [2.24, 2.45) is 7.05 Å². The topological polar surface area (TPSA) is 68.4 Å². The van der Waals surface area contributed by atoms with Crippen LogP contribution in [0.15, 0.2) is 18.5 Å². The van der Waals surface area contributed by atoms with Crippen LogP contribution in [0.3, 0.4) is 0 Å². The third-order valence-corrected chi connectivity index (χ3v) is 4.72. The molecule has 1 saturated heterocycles. The lowest BCUT2D eigenvalue weighted by Gasteiger charge is -2.34. The Kier molecular flexibility index (Phi) is 6.05. The molecule has 1 aliphatic rings. The van der Waals surface area contributed by atoms with Crippen molar-refractivity contribution in [2.75, 3.05) is 39.4 Å². The van der Waals surface area contributed by atoms with Gasteiger partial charge in [-0.3, -0.25) is 14.4 Å². The van der Waals surface area contributed by atoms with E-state index >= 15 is 0 Å². The maximum atomic E-state index is 12.9. The van der Waals surface area contributed by atoms with E-state index in [1.807, 2.05) is 48.8 Å². The Bertz CT molecular complexity index is 730. The minimum Gasteiger partial charge on any atom is -0.380 e. The number of piperazine rings is 1. The van der Waals surface area contributed by atoms with Gasteiger partial charge in [0.15, 0.2) is 0 Å². The maximum absolute atomic E-state index is 12.9. The van der Waals surface area contributed by atoms with E-state index < -0.39 is 0 Å². The molecule has 26 heavy (non-hydrogen) atoms. The van der Waals surface area contributed by atoms with Crippen LogP contribution in [0.5, 0.6) is 0 Å². The number of carbonyl (C=O) groups is 1. The fourth-order valence-corrected chi connectivity index (χ4v) is 3.20. The Morgan fingerprint density at radius 3 is 2.69 bits per heavy atom. The van der Waals surface area contributed by atoms with Crippen molar-refractivity contribution < 1.29 is 9.53 Å². The number of rotatable bonds is 7. The molecule has 1 amide bonds. The summed E-state index contributed by atoms with van der Waals surface area (Å²) >= 11 is 0. The van der Waals surface area contributed by atoms with E-state index in [9.17, 15) is 4.79 Å². The highest BCUT2D eigenvalue weighted by Gasteiger charge is 2.25. The average molecular weight is 360 g/mol. The van der Waals surface area contributed by atoms with Crippen LogP contribution in [0.4, 0.5) is 0 Å². The number of aromatic nitrogens is 4. The van der Waals surface area contributed by atoms with Crippen molar-refractivity contribution in [1.82, 2.24) is 29.1 Å². The number of imidazole rings is 1. The summed E-state index contributed by atoms with van der Waals surface area (Å²) in [5, 5.41) is 4.44. The zero-order chi connectivity index (χ0) is 18.5. The lowest BCUT2D eigenvalue weighted by molar-refractivity contribution is 0.0608. The van der Waals surface area contributed by atoms with Crippen molar-refractivity contribution in [1.29, 1.82) is 0 Å². The van der Waals surface area contributed by atoms with Crippen LogP contribution in [-0.4, -0.2) is 74.4 Å². The zero-order valence-electron chi connectivity index (χ0n) is 15.9. The van der Waals surface area contributed by atoms with Gasteiger partial charge >= 0.3 is 0 Å². The van der Waals surface area contributed by atoms with Crippen molar-refractivity contribution in [2.45, 2.75) is 26.9 Å². The van der Waals surface area contributed by atoms with Crippen LogP contribution in [0, 0.1) is 6.92 Å². The summed E-state index contributed by atoms with van der Waals surface area (Å²) in [6.45, 7) is 9.67. The SMILES string of the molecule is CCOCCn1nc(C)cc1C(=O)N1CCN(Cc2nccn2C)CC1. The normalized spacial score (nSPS) is 15.6. The lowest BCUT2D eigenvalue weighted by Crippen LogP contribution is -2.48. The molecule has 3 heterocycles. The van der Waals surface area contributed by atoms with Gasteiger partial charge in [-0.15, -0.1) is 0 Å². The number of hydrogen-bond acceptors (Lipinski definition) is 5. The fraction of sp³-hybridized carbons (Fsp3) is 0.611. The quantitative estimate of drug-likeness (QED) is 0.687. The first kappa shape index (κ1) is 18.6. The average Bonchev–Trinajstić information content (AvgIpc) is 3.21. The molecule has 1 aliphatic heterocycles. The minimum atomic E-state index is 0.0544. The molecule has 8 nitrogen and oxygen atoms in total. The van der Waals surface area contributed by atoms with Gasteiger partial charge in [0.1, 0.15) is 11.5 Å². The van der Waals surface area contributed by atoms with Gasteiger partial charge in [-0.25, -0.2) is 4.98 Å². The smallest absolute Gasteiger partial charge is 0.272 e. The predicted octanol–water partition coefficient (Wildman–Crippen LogP) is 0.920. The Morgan fingerprint density at radius 1 is 1.27 bits per heavy atom. The molecule has 0 radical (unpaired) electrons. The van der Waals surface area contributed by atoms with Crippen LogP contribution in [0.1, 0.15) is 28.9 Å². The third kappa shape index (κ3) is 4.31. The second kappa shape index (κ2) is 8.46. The van der Waals surface area contributed by atoms with Crippen LogP contribution < -0.4 is 0 Å². The summed E-state index contributed by atoms with van der Waals surface area (Å²) in [6, 6.07) is 1.87. The summed E-state index contributed by atoms with van der Waals surface area (Å²) in [7, 11) is 2.01. The van der Waals surface area contributed by atoms with Gasteiger partial charge in [0.25, 0.3) is 5.91 Å². The van der Waals surface area contributed by atoms with E-state index in [1.165, 1.54) is 0 Å². The number of ether oxygens (including phenoxy) is 1. The third-order valence-electron chi connectivity index (χ3n) is 4.72. The molecule has 2 aromatic heterocycles. The molecule has 0 aromatic carbocycles. The first-order valence-electron chi connectivity index (χ1n) is 9.18. The van der Waals surface area contributed by atoms with Crippen LogP contribution in [-0.2, 0) is 24.9 Å². The molecule has 0 saturated carbocycles. The summed E-state index contributed by atoms with van der Waals surface area (Å²) < 4.78 is 9.21. The molecule has 0 spiro atoms. The minimum absolute atomic E-state index is 0.0544. The fourth-order valence-electron chi connectivity index (χ4n) is 3.20. The Morgan fingerprint density at radius 2 is 2.04 bits per heavy atom.